The van der Waals surface area contributed by atoms with Gasteiger partial charge in [0, 0.05) is 29.8 Å². The third-order valence-electron chi connectivity index (χ3n) is 6.55. The van der Waals surface area contributed by atoms with Crippen LogP contribution < -0.4 is 21.3 Å². The number of hydrogen-bond acceptors (Lipinski definition) is 8. The number of nitro benzene ring substituents is 1. The maximum absolute atomic E-state index is 12.8. The number of rotatable bonds is 7. The number of carbonyl (C=O) groups excluding carboxylic acids is 2. The van der Waals surface area contributed by atoms with Crippen molar-refractivity contribution < 1.29 is 24.0 Å². The third-order valence-corrected chi connectivity index (χ3v) is 6.55. The summed E-state index contributed by atoms with van der Waals surface area (Å²) in [5, 5.41) is 22.7. The maximum atomic E-state index is 12.8. The fourth-order valence-corrected chi connectivity index (χ4v) is 4.50. The van der Waals surface area contributed by atoms with E-state index in [2.05, 4.69) is 40.3 Å². The molecule has 0 bridgehead atoms. The van der Waals surface area contributed by atoms with Gasteiger partial charge in [-0.3, -0.25) is 30.6 Å². The molecule has 0 saturated heterocycles. The molecule has 0 spiro atoms. The molecule has 4 N–H and O–H groups in total. The average Bonchev–Trinajstić information content (AvgIpc) is 3.59. The van der Waals surface area contributed by atoms with E-state index in [9.17, 15) is 24.8 Å². The maximum Gasteiger partial charge on any atom is 0.311 e. The normalized spacial score (nSPS) is 13.0. The fraction of sp³-hybridized carbons (Fsp3) is 0.143. The molecule has 2 amide bonds. The van der Waals surface area contributed by atoms with E-state index < -0.39 is 28.2 Å². The molecule has 198 valence electrons. The van der Waals surface area contributed by atoms with Crippen molar-refractivity contribution >= 4 is 23.2 Å². The van der Waals surface area contributed by atoms with Crippen molar-refractivity contribution in [3.63, 3.8) is 0 Å². The average molecular weight is 528 g/mol. The summed E-state index contributed by atoms with van der Waals surface area (Å²) >= 11 is 0. The van der Waals surface area contributed by atoms with Crippen LogP contribution in [0.5, 0.6) is 5.75 Å². The lowest BCUT2D eigenvalue weighted by atomic mass is 10.0. The van der Waals surface area contributed by atoms with E-state index in [-0.39, 0.29) is 17.4 Å². The molecular formula is C28H25N5O6. The number of nitro groups is 1. The number of benzene rings is 3. The Balaban J connectivity index is 1.23. The predicted molar refractivity (Wildman–Crippen MR) is 143 cm³/mol. The lowest BCUT2D eigenvalue weighted by Gasteiger charge is -2.25. The fourth-order valence-electron chi connectivity index (χ4n) is 4.50. The summed E-state index contributed by atoms with van der Waals surface area (Å²) in [6.45, 7) is 2.98. The highest BCUT2D eigenvalue weighted by atomic mass is 16.6. The van der Waals surface area contributed by atoms with Crippen molar-refractivity contribution in [1.29, 1.82) is 0 Å². The number of aromatic hydroxyl groups is 1. The number of furan rings is 1. The number of carbonyl (C=O) groups is 2. The number of nitrogens with one attached hydrogen (secondary N) is 3. The molecule has 1 atom stereocenters. The molecule has 0 saturated carbocycles. The van der Waals surface area contributed by atoms with Gasteiger partial charge in [-0.15, -0.1) is 0 Å². The molecule has 3 aromatic carbocycles. The van der Waals surface area contributed by atoms with Gasteiger partial charge in [-0.25, -0.2) is 5.43 Å². The zero-order valence-corrected chi connectivity index (χ0v) is 20.9. The van der Waals surface area contributed by atoms with Crippen molar-refractivity contribution in [2.45, 2.75) is 19.4 Å². The number of hydrazine groups is 2. The van der Waals surface area contributed by atoms with Gasteiger partial charge in [-0.2, -0.15) is 0 Å². The van der Waals surface area contributed by atoms with Crippen LogP contribution in [0.15, 0.2) is 83.5 Å². The van der Waals surface area contributed by atoms with Gasteiger partial charge < -0.3 is 14.5 Å². The Morgan fingerprint density at radius 3 is 2.54 bits per heavy atom. The van der Waals surface area contributed by atoms with Crippen LogP contribution in [0.25, 0.3) is 11.1 Å². The molecule has 39 heavy (non-hydrogen) atoms. The summed E-state index contributed by atoms with van der Waals surface area (Å²) in [5.74, 6) is -2.09. The van der Waals surface area contributed by atoms with E-state index in [1.807, 2.05) is 36.4 Å². The second-order valence-electron chi connectivity index (χ2n) is 9.04. The van der Waals surface area contributed by atoms with Crippen LogP contribution in [-0.4, -0.2) is 28.4 Å². The number of para-hydroxylation sites is 1. The van der Waals surface area contributed by atoms with Crippen LogP contribution in [0.3, 0.4) is 0 Å². The summed E-state index contributed by atoms with van der Waals surface area (Å²) in [6.07, 6.45) is 2.37. The minimum atomic E-state index is -0.812. The molecule has 1 aliphatic heterocycles. The van der Waals surface area contributed by atoms with Gasteiger partial charge in [0.05, 0.1) is 16.9 Å². The lowest BCUT2D eigenvalue weighted by Crippen LogP contribution is -2.41. The first-order valence-corrected chi connectivity index (χ1v) is 12.2. The lowest BCUT2D eigenvalue weighted by molar-refractivity contribution is -0.385. The first-order valence-electron chi connectivity index (χ1n) is 12.2. The highest BCUT2D eigenvalue weighted by molar-refractivity contribution is 6.01. The molecule has 0 radical (unpaired) electrons. The van der Waals surface area contributed by atoms with E-state index >= 15 is 0 Å². The summed E-state index contributed by atoms with van der Waals surface area (Å²) < 4.78 is 5.38. The number of nitrogens with zero attached hydrogens (tertiary/aromatic N) is 2. The Morgan fingerprint density at radius 1 is 1.03 bits per heavy atom. The Kier molecular flexibility index (Phi) is 6.98. The predicted octanol–water partition coefficient (Wildman–Crippen LogP) is 4.26. The second-order valence-corrected chi connectivity index (χ2v) is 9.04. The van der Waals surface area contributed by atoms with E-state index in [0.29, 0.717) is 5.56 Å². The monoisotopic (exact) mass is 527 g/mol. The zero-order chi connectivity index (χ0) is 27.5. The molecule has 0 fully saturated rings. The minimum absolute atomic E-state index is 0.0143. The largest absolute Gasteiger partial charge is 0.502 e. The Bertz CT molecular complexity index is 1550. The van der Waals surface area contributed by atoms with E-state index in [1.165, 1.54) is 23.6 Å². The van der Waals surface area contributed by atoms with E-state index in [0.717, 1.165) is 36.2 Å². The topological polar surface area (TPSA) is 150 Å². The Labute approximate surface area is 223 Å². The molecule has 1 unspecified atom stereocenters. The van der Waals surface area contributed by atoms with Crippen molar-refractivity contribution in [3.05, 3.63) is 112 Å². The molecule has 0 aliphatic carbocycles. The molecular weight excluding hydrogens is 502 g/mol. The SMILES string of the molecule is CC(NN1CCc2ccccc21)c1ccc(-c2ccoc2C(=O)NNC(=O)c2ccc(O)c([N+](=O)[O-])c2)cc1. The first kappa shape index (κ1) is 25.5. The number of phenols is 1. The number of amides is 2. The third kappa shape index (κ3) is 5.29. The first-order chi connectivity index (χ1) is 18.8. The molecule has 4 aromatic rings. The molecule has 1 aliphatic rings. The van der Waals surface area contributed by atoms with E-state index in [4.69, 9.17) is 4.42 Å². The summed E-state index contributed by atoms with van der Waals surface area (Å²) in [6, 6.07) is 20.9. The summed E-state index contributed by atoms with van der Waals surface area (Å²) in [4.78, 5) is 35.3. The van der Waals surface area contributed by atoms with Gasteiger partial charge in [-0.05, 0) is 54.3 Å². The standard InChI is InChI=1S/C28H25N5O6/c1-17(31-32-14-12-20-4-2-3-5-23(20)32)18-6-8-19(9-7-18)22-13-15-39-26(22)28(36)30-29-27(35)21-10-11-25(34)24(16-21)33(37)38/h2-11,13,15-17,31,34H,12,14H2,1H3,(H,29,35)(H,30,36). The van der Waals surface area contributed by atoms with Gasteiger partial charge in [0.2, 0.25) is 5.76 Å². The van der Waals surface area contributed by atoms with Crippen molar-refractivity contribution in [2.75, 3.05) is 11.6 Å². The van der Waals surface area contributed by atoms with Crippen molar-refractivity contribution in [1.82, 2.24) is 16.3 Å². The Morgan fingerprint density at radius 2 is 1.77 bits per heavy atom. The van der Waals surface area contributed by atoms with Crippen LogP contribution >= 0.6 is 0 Å². The summed E-state index contributed by atoms with van der Waals surface area (Å²) in [5.41, 5.74) is 12.1. The van der Waals surface area contributed by atoms with Gasteiger partial charge >= 0.3 is 11.6 Å². The minimum Gasteiger partial charge on any atom is -0.502 e. The number of anilines is 1. The molecule has 11 heteroatoms. The number of hydrogen-bond donors (Lipinski definition) is 4. The van der Waals surface area contributed by atoms with Gasteiger partial charge in [-0.1, -0.05) is 42.5 Å². The van der Waals surface area contributed by atoms with Crippen molar-refractivity contribution in [2.24, 2.45) is 0 Å². The molecule has 1 aromatic heterocycles. The Hall–Kier alpha value is -5.16. The smallest absolute Gasteiger partial charge is 0.311 e. The van der Waals surface area contributed by atoms with Crippen LogP contribution in [0.2, 0.25) is 0 Å². The quantitative estimate of drug-likeness (QED) is 0.206. The van der Waals surface area contributed by atoms with Crippen LogP contribution in [0.1, 0.15) is 45.0 Å². The number of fused-ring (bicyclic) bond motifs is 1. The molecule has 11 nitrogen and oxygen atoms in total. The van der Waals surface area contributed by atoms with Crippen molar-refractivity contribution in [3.8, 4) is 16.9 Å². The highest BCUT2D eigenvalue weighted by Crippen LogP contribution is 2.30. The van der Waals surface area contributed by atoms with E-state index in [1.54, 1.807) is 6.07 Å². The molecule has 2 heterocycles. The number of phenolic OH excluding ortho intramolecular Hbond substituents is 1. The second kappa shape index (κ2) is 10.7. The van der Waals surface area contributed by atoms with Crippen LogP contribution in [0, 0.1) is 10.1 Å². The van der Waals surface area contributed by atoms with Crippen LogP contribution in [-0.2, 0) is 6.42 Å². The molecule has 5 rings (SSSR count). The van der Waals surface area contributed by atoms with Gasteiger partial charge in [0.1, 0.15) is 0 Å². The van der Waals surface area contributed by atoms with Crippen LogP contribution in [0.4, 0.5) is 11.4 Å². The summed E-state index contributed by atoms with van der Waals surface area (Å²) in [7, 11) is 0. The van der Waals surface area contributed by atoms with Gasteiger partial charge in [0.25, 0.3) is 5.91 Å². The highest BCUT2D eigenvalue weighted by Gasteiger charge is 2.22. The zero-order valence-electron chi connectivity index (χ0n) is 20.9. The van der Waals surface area contributed by atoms with Gasteiger partial charge in [0.15, 0.2) is 5.75 Å².